The summed E-state index contributed by atoms with van der Waals surface area (Å²) in [5.41, 5.74) is 8.06. The highest BCUT2D eigenvalue weighted by atomic mass is 35.5. The second-order valence-electron chi connectivity index (χ2n) is 4.35. The van der Waals surface area contributed by atoms with E-state index in [9.17, 15) is 4.79 Å². The van der Waals surface area contributed by atoms with Crippen molar-refractivity contribution in [3.05, 3.63) is 59.1 Å². The highest BCUT2D eigenvalue weighted by Crippen LogP contribution is 2.19. The van der Waals surface area contributed by atoms with E-state index in [4.69, 9.17) is 17.3 Å². The molecule has 2 amide bonds. The summed E-state index contributed by atoms with van der Waals surface area (Å²) in [4.78, 5) is 11.7. The SMILES string of the molecule is Nc1ccc(CCNC(=O)Nc2ccccc2Cl)cc1. The predicted molar refractivity (Wildman–Crippen MR) is 83.0 cm³/mol. The fourth-order valence-electron chi connectivity index (χ4n) is 1.73. The van der Waals surface area contributed by atoms with Crippen LogP contribution in [0.25, 0.3) is 0 Å². The quantitative estimate of drug-likeness (QED) is 0.756. The Bertz CT molecular complexity index is 584. The number of carbonyl (C=O) groups is 1. The minimum atomic E-state index is -0.270. The average molecular weight is 290 g/mol. The molecule has 2 rings (SSSR count). The molecule has 2 aromatic carbocycles. The van der Waals surface area contributed by atoms with Crippen LogP contribution in [0.3, 0.4) is 0 Å². The molecule has 4 nitrogen and oxygen atoms in total. The number of halogens is 1. The van der Waals surface area contributed by atoms with E-state index < -0.39 is 0 Å². The molecule has 0 aliphatic carbocycles. The van der Waals surface area contributed by atoms with Gasteiger partial charge in [-0.25, -0.2) is 4.79 Å². The molecule has 2 aromatic rings. The third-order valence-electron chi connectivity index (χ3n) is 2.80. The minimum absolute atomic E-state index is 0.270. The van der Waals surface area contributed by atoms with Gasteiger partial charge < -0.3 is 16.4 Å². The molecule has 20 heavy (non-hydrogen) atoms. The van der Waals surface area contributed by atoms with E-state index in [1.54, 1.807) is 12.1 Å². The molecule has 0 unspecified atom stereocenters. The van der Waals surface area contributed by atoms with Crippen LogP contribution in [-0.2, 0) is 6.42 Å². The van der Waals surface area contributed by atoms with Gasteiger partial charge in [0, 0.05) is 12.2 Å². The summed E-state index contributed by atoms with van der Waals surface area (Å²) in [5.74, 6) is 0. The Morgan fingerprint density at radius 1 is 1.10 bits per heavy atom. The molecule has 0 aliphatic heterocycles. The lowest BCUT2D eigenvalue weighted by atomic mass is 10.1. The standard InChI is InChI=1S/C15H16ClN3O/c16-13-3-1-2-4-14(13)19-15(20)18-10-9-11-5-7-12(17)8-6-11/h1-8H,9-10,17H2,(H2,18,19,20). The third-order valence-corrected chi connectivity index (χ3v) is 3.13. The van der Waals surface area contributed by atoms with E-state index in [-0.39, 0.29) is 6.03 Å². The summed E-state index contributed by atoms with van der Waals surface area (Å²) < 4.78 is 0. The van der Waals surface area contributed by atoms with Gasteiger partial charge in [-0.2, -0.15) is 0 Å². The van der Waals surface area contributed by atoms with E-state index in [2.05, 4.69) is 10.6 Å². The lowest BCUT2D eigenvalue weighted by Gasteiger charge is -2.09. The molecule has 0 heterocycles. The van der Waals surface area contributed by atoms with Gasteiger partial charge in [0.15, 0.2) is 0 Å². The first kappa shape index (κ1) is 14.2. The largest absolute Gasteiger partial charge is 0.399 e. The van der Waals surface area contributed by atoms with Crippen LogP contribution >= 0.6 is 11.6 Å². The number of nitrogen functional groups attached to an aromatic ring is 1. The first-order valence-corrected chi connectivity index (χ1v) is 6.67. The number of hydrogen-bond donors (Lipinski definition) is 3. The lowest BCUT2D eigenvalue weighted by Crippen LogP contribution is -2.30. The molecular formula is C15H16ClN3O. The van der Waals surface area contributed by atoms with Crippen molar-refractivity contribution in [1.82, 2.24) is 5.32 Å². The van der Waals surface area contributed by atoms with E-state index in [1.165, 1.54) is 0 Å². The number of benzene rings is 2. The molecule has 0 aliphatic rings. The normalized spacial score (nSPS) is 10.1. The third kappa shape index (κ3) is 4.17. The van der Waals surface area contributed by atoms with Crippen LogP contribution in [0.1, 0.15) is 5.56 Å². The Morgan fingerprint density at radius 3 is 2.50 bits per heavy atom. The number of nitrogens with two attached hydrogens (primary N) is 1. The molecule has 4 N–H and O–H groups in total. The van der Waals surface area contributed by atoms with Gasteiger partial charge in [-0.1, -0.05) is 35.9 Å². The highest BCUT2D eigenvalue weighted by Gasteiger charge is 2.04. The fraction of sp³-hybridized carbons (Fsp3) is 0.133. The summed E-state index contributed by atoms with van der Waals surface area (Å²) in [6.45, 7) is 0.542. The Hall–Kier alpha value is -2.20. The van der Waals surface area contributed by atoms with E-state index in [1.807, 2.05) is 36.4 Å². The van der Waals surface area contributed by atoms with E-state index >= 15 is 0 Å². The molecule has 0 radical (unpaired) electrons. The summed E-state index contributed by atoms with van der Waals surface area (Å²) >= 11 is 5.96. The zero-order chi connectivity index (χ0) is 14.4. The van der Waals surface area contributed by atoms with Gasteiger partial charge in [0.1, 0.15) is 0 Å². The molecule has 5 heteroatoms. The number of urea groups is 1. The summed E-state index contributed by atoms with van der Waals surface area (Å²) in [6.07, 6.45) is 0.746. The molecule has 0 saturated heterocycles. The van der Waals surface area contributed by atoms with Gasteiger partial charge in [0.25, 0.3) is 0 Å². The molecule has 0 saturated carbocycles. The van der Waals surface area contributed by atoms with E-state index in [0.29, 0.717) is 17.3 Å². The van der Waals surface area contributed by atoms with Crippen LogP contribution in [0.5, 0.6) is 0 Å². The Morgan fingerprint density at radius 2 is 1.80 bits per heavy atom. The molecule has 0 spiro atoms. The zero-order valence-corrected chi connectivity index (χ0v) is 11.7. The van der Waals surface area contributed by atoms with Crippen LogP contribution in [0, 0.1) is 0 Å². The van der Waals surface area contributed by atoms with Crippen molar-refractivity contribution in [3.63, 3.8) is 0 Å². The number of hydrogen-bond acceptors (Lipinski definition) is 2. The van der Waals surface area contributed by atoms with Gasteiger partial charge in [-0.05, 0) is 36.2 Å². The van der Waals surface area contributed by atoms with Gasteiger partial charge >= 0.3 is 6.03 Å². The second-order valence-corrected chi connectivity index (χ2v) is 4.76. The Balaban J connectivity index is 1.78. The number of rotatable bonds is 4. The average Bonchev–Trinajstić information content (AvgIpc) is 2.44. The number of anilines is 2. The molecule has 0 bridgehead atoms. The molecular weight excluding hydrogens is 274 g/mol. The fourth-order valence-corrected chi connectivity index (χ4v) is 1.92. The predicted octanol–water partition coefficient (Wildman–Crippen LogP) is 3.29. The van der Waals surface area contributed by atoms with Crippen molar-refractivity contribution in [2.24, 2.45) is 0 Å². The first-order valence-electron chi connectivity index (χ1n) is 6.29. The molecule has 0 fully saturated rings. The summed E-state index contributed by atoms with van der Waals surface area (Å²) in [7, 11) is 0. The Kier molecular flexibility index (Phi) is 4.85. The molecule has 0 atom stereocenters. The summed E-state index contributed by atoms with van der Waals surface area (Å²) in [6, 6.07) is 14.4. The lowest BCUT2D eigenvalue weighted by molar-refractivity contribution is 0.252. The summed E-state index contributed by atoms with van der Waals surface area (Å²) in [5, 5.41) is 6.00. The van der Waals surface area contributed by atoms with Crippen molar-refractivity contribution in [3.8, 4) is 0 Å². The number of nitrogens with one attached hydrogen (secondary N) is 2. The first-order chi connectivity index (χ1) is 9.65. The maximum Gasteiger partial charge on any atom is 0.319 e. The van der Waals surface area contributed by atoms with Crippen LogP contribution in [0.4, 0.5) is 16.2 Å². The molecule has 0 aromatic heterocycles. The van der Waals surface area contributed by atoms with Crippen LogP contribution < -0.4 is 16.4 Å². The zero-order valence-electron chi connectivity index (χ0n) is 10.9. The van der Waals surface area contributed by atoms with Crippen molar-refractivity contribution >= 4 is 29.0 Å². The van der Waals surface area contributed by atoms with Gasteiger partial charge in [0.2, 0.25) is 0 Å². The topological polar surface area (TPSA) is 67.1 Å². The smallest absolute Gasteiger partial charge is 0.319 e. The maximum atomic E-state index is 11.7. The van der Waals surface area contributed by atoms with Crippen molar-refractivity contribution < 1.29 is 4.79 Å². The van der Waals surface area contributed by atoms with Crippen molar-refractivity contribution in [2.45, 2.75) is 6.42 Å². The van der Waals surface area contributed by atoms with Crippen LogP contribution in [0.15, 0.2) is 48.5 Å². The van der Waals surface area contributed by atoms with Gasteiger partial charge in [-0.15, -0.1) is 0 Å². The number of amides is 2. The van der Waals surface area contributed by atoms with Crippen LogP contribution in [-0.4, -0.2) is 12.6 Å². The minimum Gasteiger partial charge on any atom is -0.399 e. The van der Waals surface area contributed by atoms with E-state index in [0.717, 1.165) is 17.7 Å². The highest BCUT2D eigenvalue weighted by molar-refractivity contribution is 6.33. The van der Waals surface area contributed by atoms with Crippen LogP contribution in [0.2, 0.25) is 5.02 Å². The maximum absolute atomic E-state index is 11.7. The molecule has 104 valence electrons. The monoisotopic (exact) mass is 289 g/mol. The second kappa shape index (κ2) is 6.82. The van der Waals surface area contributed by atoms with Gasteiger partial charge in [0.05, 0.1) is 10.7 Å². The number of para-hydroxylation sites is 1. The number of carbonyl (C=O) groups excluding carboxylic acids is 1. The van der Waals surface area contributed by atoms with Gasteiger partial charge in [-0.3, -0.25) is 0 Å². The van der Waals surface area contributed by atoms with Crippen molar-refractivity contribution in [2.75, 3.05) is 17.6 Å². The Labute approximate surface area is 122 Å². The van der Waals surface area contributed by atoms with Crippen molar-refractivity contribution in [1.29, 1.82) is 0 Å².